The van der Waals surface area contributed by atoms with Crippen LogP contribution in [0.3, 0.4) is 0 Å². The summed E-state index contributed by atoms with van der Waals surface area (Å²) < 4.78 is 2.17. The highest BCUT2D eigenvalue weighted by Gasteiger charge is 2.20. The standard InChI is InChI=1S/C14H23N3O2/c1-12-15-6-8-17(12)10-9-16-7-2-3-13(11-16)4-5-14(18)19/h6,8,13H,2-5,7,9-11H2,1H3,(H,18,19). The van der Waals surface area contributed by atoms with Gasteiger partial charge >= 0.3 is 5.97 Å². The lowest BCUT2D eigenvalue weighted by atomic mass is 9.93. The number of carbonyl (C=O) groups is 1. The maximum absolute atomic E-state index is 10.6. The molecular formula is C14H23N3O2. The van der Waals surface area contributed by atoms with Crippen LogP contribution < -0.4 is 0 Å². The number of carboxylic acid groups (broad SMARTS) is 1. The molecule has 1 N–H and O–H groups in total. The second-order valence-corrected chi connectivity index (χ2v) is 5.41. The van der Waals surface area contributed by atoms with Crippen molar-refractivity contribution in [2.24, 2.45) is 5.92 Å². The third-order valence-corrected chi connectivity index (χ3v) is 3.95. The molecule has 0 saturated carbocycles. The molecule has 0 aromatic carbocycles. The molecule has 1 saturated heterocycles. The van der Waals surface area contributed by atoms with Gasteiger partial charge in [-0.25, -0.2) is 4.98 Å². The maximum Gasteiger partial charge on any atom is 0.303 e. The number of imidazole rings is 1. The molecule has 5 heteroatoms. The van der Waals surface area contributed by atoms with E-state index in [4.69, 9.17) is 5.11 Å². The molecule has 2 heterocycles. The molecule has 1 aromatic rings. The fourth-order valence-electron chi connectivity index (χ4n) is 2.81. The Morgan fingerprint density at radius 2 is 2.37 bits per heavy atom. The molecule has 1 unspecified atom stereocenters. The summed E-state index contributed by atoms with van der Waals surface area (Å²) >= 11 is 0. The molecule has 5 nitrogen and oxygen atoms in total. The Hall–Kier alpha value is -1.36. The van der Waals surface area contributed by atoms with Crippen molar-refractivity contribution < 1.29 is 9.90 Å². The molecule has 1 aliphatic rings. The van der Waals surface area contributed by atoms with Crippen molar-refractivity contribution in [1.29, 1.82) is 0 Å². The van der Waals surface area contributed by atoms with Gasteiger partial charge in [-0.15, -0.1) is 0 Å². The quantitative estimate of drug-likeness (QED) is 0.851. The summed E-state index contributed by atoms with van der Waals surface area (Å²) in [6, 6.07) is 0. The SMILES string of the molecule is Cc1nccn1CCN1CCCC(CCC(=O)O)C1. The first-order valence-electron chi connectivity index (χ1n) is 7.07. The van der Waals surface area contributed by atoms with Gasteiger partial charge in [-0.05, 0) is 38.6 Å². The number of piperidine rings is 1. The van der Waals surface area contributed by atoms with Crippen LogP contribution in [0.5, 0.6) is 0 Å². The molecule has 1 aromatic heterocycles. The van der Waals surface area contributed by atoms with E-state index in [1.807, 2.05) is 19.3 Å². The topological polar surface area (TPSA) is 58.4 Å². The number of hydrogen-bond donors (Lipinski definition) is 1. The van der Waals surface area contributed by atoms with E-state index >= 15 is 0 Å². The van der Waals surface area contributed by atoms with Gasteiger partial charge in [-0.1, -0.05) is 0 Å². The molecule has 0 radical (unpaired) electrons. The lowest BCUT2D eigenvalue weighted by molar-refractivity contribution is -0.137. The Labute approximate surface area is 114 Å². The minimum atomic E-state index is -0.675. The first-order valence-corrected chi connectivity index (χ1v) is 7.07. The third-order valence-electron chi connectivity index (χ3n) is 3.95. The van der Waals surface area contributed by atoms with Gasteiger partial charge in [0.1, 0.15) is 5.82 Å². The number of likely N-dealkylation sites (tertiary alicyclic amines) is 1. The van der Waals surface area contributed by atoms with Gasteiger partial charge < -0.3 is 14.6 Å². The predicted molar refractivity (Wildman–Crippen MR) is 73.0 cm³/mol. The summed E-state index contributed by atoms with van der Waals surface area (Å²) in [5.41, 5.74) is 0. The van der Waals surface area contributed by atoms with E-state index in [-0.39, 0.29) is 0 Å². The average Bonchev–Trinajstić information content (AvgIpc) is 2.80. The molecular weight excluding hydrogens is 242 g/mol. The van der Waals surface area contributed by atoms with Crippen LogP contribution in [-0.4, -0.2) is 45.2 Å². The number of rotatable bonds is 6. The first-order chi connectivity index (χ1) is 9.15. The van der Waals surface area contributed by atoms with Crippen LogP contribution in [-0.2, 0) is 11.3 Å². The number of aliphatic carboxylic acids is 1. The summed E-state index contributed by atoms with van der Waals surface area (Å²) in [5, 5.41) is 8.75. The van der Waals surface area contributed by atoms with E-state index in [1.54, 1.807) is 0 Å². The highest BCUT2D eigenvalue weighted by molar-refractivity contribution is 5.66. The number of hydrogen-bond acceptors (Lipinski definition) is 3. The Kier molecular flexibility index (Phi) is 4.96. The molecule has 0 aliphatic carbocycles. The first kappa shape index (κ1) is 14.1. The zero-order valence-corrected chi connectivity index (χ0v) is 11.6. The van der Waals surface area contributed by atoms with Crippen LogP contribution >= 0.6 is 0 Å². The normalized spacial score (nSPS) is 20.6. The van der Waals surface area contributed by atoms with Crippen molar-refractivity contribution in [3.63, 3.8) is 0 Å². The van der Waals surface area contributed by atoms with Crippen LogP contribution in [0, 0.1) is 12.8 Å². The minimum absolute atomic E-state index is 0.305. The summed E-state index contributed by atoms with van der Waals surface area (Å²) in [5.74, 6) is 0.930. The highest BCUT2D eigenvalue weighted by atomic mass is 16.4. The van der Waals surface area contributed by atoms with Crippen molar-refractivity contribution >= 4 is 5.97 Å². The van der Waals surface area contributed by atoms with Crippen molar-refractivity contribution in [2.75, 3.05) is 19.6 Å². The summed E-state index contributed by atoms with van der Waals surface area (Å²) in [7, 11) is 0. The molecule has 0 amide bonds. The van der Waals surface area contributed by atoms with E-state index in [9.17, 15) is 4.79 Å². The monoisotopic (exact) mass is 265 g/mol. The zero-order chi connectivity index (χ0) is 13.7. The number of aromatic nitrogens is 2. The fraction of sp³-hybridized carbons (Fsp3) is 0.714. The lowest BCUT2D eigenvalue weighted by Gasteiger charge is -2.32. The van der Waals surface area contributed by atoms with Crippen LogP contribution in [0.4, 0.5) is 0 Å². The molecule has 1 aliphatic heterocycles. The smallest absolute Gasteiger partial charge is 0.303 e. The summed E-state index contributed by atoms with van der Waals surface area (Å²) in [6.45, 7) is 6.20. The minimum Gasteiger partial charge on any atom is -0.481 e. The Morgan fingerprint density at radius 1 is 1.53 bits per heavy atom. The van der Waals surface area contributed by atoms with Gasteiger partial charge in [0.05, 0.1) is 0 Å². The number of nitrogens with zero attached hydrogens (tertiary/aromatic N) is 3. The average molecular weight is 265 g/mol. The molecule has 0 spiro atoms. The second-order valence-electron chi connectivity index (χ2n) is 5.41. The van der Waals surface area contributed by atoms with Gasteiger partial charge in [0.2, 0.25) is 0 Å². The van der Waals surface area contributed by atoms with Crippen molar-refractivity contribution in [3.05, 3.63) is 18.2 Å². The largest absolute Gasteiger partial charge is 0.481 e. The van der Waals surface area contributed by atoms with E-state index < -0.39 is 5.97 Å². The zero-order valence-electron chi connectivity index (χ0n) is 11.6. The molecule has 2 rings (SSSR count). The van der Waals surface area contributed by atoms with Gasteiger partial charge in [0.15, 0.2) is 0 Å². The molecule has 106 valence electrons. The van der Waals surface area contributed by atoms with Crippen molar-refractivity contribution in [3.8, 4) is 0 Å². The molecule has 19 heavy (non-hydrogen) atoms. The Bertz CT molecular complexity index is 417. The van der Waals surface area contributed by atoms with E-state index in [2.05, 4.69) is 14.5 Å². The van der Waals surface area contributed by atoms with Crippen LogP contribution in [0.2, 0.25) is 0 Å². The highest BCUT2D eigenvalue weighted by Crippen LogP contribution is 2.20. The number of carboxylic acids is 1. The summed E-state index contributed by atoms with van der Waals surface area (Å²) in [4.78, 5) is 17.3. The summed E-state index contributed by atoms with van der Waals surface area (Å²) in [6.07, 6.45) is 7.33. The maximum atomic E-state index is 10.6. The number of aryl methyl sites for hydroxylation is 1. The Balaban J connectivity index is 1.75. The van der Waals surface area contributed by atoms with E-state index in [1.165, 1.54) is 12.8 Å². The van der Waals surface area contributed by atoms with Crippen molar-refractivity contribution in [1.82, 2.24) is 14.5 Å². The van der Waals surface area contributed by atoms with Crippen LogP contribution in [0.15, 0.2) is 12.4 Å². The van der Waals surface area contributed by atoms with Gasteiger partial charge in [0, 0.05) is 38.4 Å². The predicted octanol–water partition coefficient (Wildman–Crippen LogP) is 1.77. The molecule has 0 bridgehead atoms. The lowest BCUT2D eigenvalue weighted by Crippen LogP contribution is -2.37. The van der Waals surface area contributed by atoms with Gasteiger partial charge in [-0.2, -0.15) is 0 Å². The van der Waals surface area contributed by atoms with Crippen molar-refractivity contribution in [2.45, 2.75) is 39.2 Å². The van der Waals surface area contributed by atoms with Gasteiger partial charge in [-0.3, -0.25) is 4.79 Å². The van der Waals surface area contributed by atoms with Gasteiger partial charge in [0.25, 0.3) is 0 Å². The molecule has 1 atom stereocenters. The van der Waals surface area contributed by atoms with Crippen LogP contribution in [0.25, 0.3) is 0 Å². The Morgan fingerprint density at radius 3 is 3.05 bits per heavy atom. The van der Waals surface area contributed by atoms with E-state index in [0.29, 0.717) is 12.3 Å². The molecule has 1 fully saturated rings. The third kappa shape index (κ3) is 4.35. The second kappa shape index (κ2) is 6.70. The van der Waals surface area contributed by atoms with E-state index in [0.717, 1.165) is 38.4 Å². The van der Waals surface area contributed by atoms with Crippen LogP contribution in [0.1, 0.15) is 31.5 Å². The fourth-order valence-corrected chi connectivity index (χ4v) is 2.81.